The predicted octanol–water partition coefficient (Wildman–Crippen LogP) is 5.96. The molecule has 1 saturated carbocycles. The highest BCUT2D eigenvalue weighted by atomic mass is 32.2. The van der Waals surface area contributed by atoms with Gasteiger partial charge in [0.2, 0.25) is 0 Å². The first-order valence-electron chi connectivity index (χ1n) is 17.4. The number of hydrogen-bond donors (Lipinski definition) is 2. The van der Waals surface area contributed by atoms with Gasteiger partial charge in [0, 0.05) is 62.2 Å². The molecule has 1 aromatic heterocycles. The van der Waals surface area contributed by atoms with E-state index in [9.17, 15) is 23.7 Å². The van der Waals surface area contributed by atoms with Gasteiger partial charge >= 0.3 is 12.1 Å². The second-order valence-electron chi connectivity index (χ2n) is 15.2. The molecule has 6 rings (SSSR count). The van der Waals surface area contributed by atoms with Gasteiger partial charge in [-0.2, -0.15) is 0 Å². The molecule has 268 valence electrons. The zero-order valence-electron chi connectivity index (χ0n) is 29.5. The van der Waals surface area contributed by atoms with Gasteiger partial charge in [-0.05, 0) is 51.2 Å². The third kappa shape index (κ3) is 7.18. The number of nitrogens with zero attached hydrogens (tertiary/aromatic N) is 4. The summed E-state index contributed by atoms with van der Waals surface area (Å²) in [6, 6.07) is 19.8. The molecule has 3 aromatic rings. The molecular formula is C38H49N5O6S. The fourth-order valence-corrected chi connectivity index (χ4v) is 8.94. The molecule has 12 heteroatoms. The molecule has 3 atom stereocenters. The maximum Gasteiger partial charge on any atom is 0.410 e. The Morgan fingerprint density at radius 3 is 2.22 bits per heavy atom. The minimum absolute atomic E-state index is 0.0212. The molecule has 11 nitrogen and oxygen atoms in total. The van der Waals surface area contributed by atoms with Crippen LogP contribution in [0.15, 0.2) is 82.6 Å². The monoisotopic (exact) mass is 703 g/mol. The van der Waals surface area contributed by atoms with Crippen LogP contribution in [0.2, 0.25) is 0 Å². The molecule has 2 aromatic carbocycles. The summed E-state index contributed by atoms with van der Waals surface area (Å²) in [5.74, 6) is 0. The van der Waals surface area contributed by atoms with E-state index < -0.39 is 32.4 Å². The number of piperazine rings is 1. The highest BCUT2D eigenvalue weighted by molar-refractivity contribution is 7.91. The molecule has 2 unspecified atom stereocenters. The first kappa shape index (κ1) is 35.7. The zero-order chi connectivity index (χ0) is 35.9. The van der Waals surface area contributed by atoms with E-state index in [1.54, 1.807) is 4.90 Å². The number of ether oxygens (including phenoxy) is 1. The lowest BCUT2D eigenvalue weighted by Gasteiger charge is -2.53. The standard InChI is InChI=1S/C38H49N5O6S/c1-36(2,3)49-35(46)40-21-22-43(31(24-40)29-15-9-6-10-16-29)34(45)41-20-19-38(47,37(26-41)17-11-12-18-37)27-42-25-32(50(4,39)48)30(23-33(42)44)28-13-7-5-8-14-28/h5-10,13-16,23,25,31,39,47H,11-12,17-22,24,26-27H2,1-4H3/t31-,38?,50?/m0/s1. The molecule has 3 amide bonds. The summed E-state index contributed by atoms with van der Waals surface area (Å²) in [4.78, 5) is 46.7. The van der Waals surface area contributed by atoms with Gasteiger partial charge < -0.3 is 29.1 Å². The lowest BCUT2D eigenvalue weighted by molar-refractivity contribution is -0.137. The van der Waals surface area contributed by atoms with E-state index in [-0.39, 0.29) is 42.0 Å². The Morgan fingerprint density at radius 2 is 1.60 bits per heavy atom. The Kier molecular flexibility index (Phi) is 9.64. The van der Waals surface area contributed by atoms with E-state index in [1.807, 2.05) is 91.2 Å². The minimum atomic E-state index is -3.22. The van der Waals surface area contributed by atoms with Crippen LogP contribution in [0.25, 0.3) is 11.1 Å². The van der Waals surface area contributed by atoms with Crippen molar-refractivity contribution in [1.29, 1.82) is 4.78 Å². The summed E-state index contributed by atoms with van der Waals surface area (Å²) in [6.07, 6.45) is 5.89. The molecule has 2 aliphatic heterocycles. The summed E-state index contributed by atoms with van der Waals surface area (Å²) in [5.41, 5.74) is -0.850. The van der Waals surface area contributed by atoms with Crippen molar-refractivity contribution in [3.05, 3.63) is 88.8 Å². The number of aliphatic hydroxyl groups is 1. The van der Waals surface area contributed by atoms with E-state index in [4.69, 9.17) is 9.52 Å². The van der Waals surface area contributed by atoms with Crippen molar-refractivity contribution in [3.63, 3.8) is 0 Å². The second-order valence-corrected chi connectivity index (χ2v) is 17.4. The predicted molar refractivity (Wildman–Crippen MR) is 192 cm³/mol. The minimum Gasteiger partial charge on any atom is -0.444 e. The van der Waals surface area contributed by atoms with Crippen molar-refractivity contribution in [2.75, 3.05) is 39.0 Å². The average molecular weight is 704 g/mol. The molecular weight excluding hydrogens is 655 g/mol. The van der Waals surface area contributed by atoms with E-state index in [1.165, 1.54) is 23.1 Å². The zero-order valence-corrected chi connectivity index (χ0v) is 30.3. The number of benzene rings is 2. The molecule has 0 radical (unpaired) electrons. The number of likely N-dealkylation sites (tertiary alicyclic amines) is 1. The van der Waals surface area contributed by atoms with Crippen molar-refractivity contribution in [3.8, 4) is 11.1 Å². The Morgan fingerprint density at radius 1 is 0.960 bits per heavy atom. The van der Waals surface area contributed by atoms with Gasteiger partial charge in [0.15, 0.2) is 0 Å². The molecule has 0 bridgehead atoms. The van der Waals surface area contributed by atoms with Gasteiger partial charge in [0.05, 0.1) is 32.8 Å². The summed E-state index contributed by atoms with van der Waals surface area (Å²) in [5, 5.41) is 12.5. The van der Waals surface area contributed by atoms with Crippen molar-refractivity contribution in [2.45, 2.75) is 81.6 Å². The van der Waals surface area contributed by atoms with Crippen LogP contribution in [0.1, 0.15) is 64.5 Å². The number of urea groups is 1. The van der Waals surface area contributed by atoms with E-state index in [2.05, 4.69) is 0 Å². The molecule has 3 aliphatic rings. The van der Waals surface area contributed by atoms with Crippen LogP contribution >= 0.6 is 0 Å². The third-order valence-corrected chi connectivity index (χ3v) is 11.8. The van der Waals surface area contributed by atoms with Gasteiger partial charge in [-0.25, -0.2) is 18.6 Å². The fourth-order valence-electron chi connectivity index (χ4n) is 8.02. The summed E-state index contributed by atoms with van der Waals surface area (Å²) >= 11 is 0. The quantitative estimate of drug-likeness (QED) is 0.337. The molecule has 1 aliphatic carbocycles. The summed E-state index contributed by atoms with van der Waals surface area (Å²) in [7, 11) is -3.22. The number of carbonyl (C=O) groups excluding carboxylic acids is 2. The van der Waals surface area contributed by atoms with Crippen LogP contribution in [0.5, 0.6) is 0 Å². The molecule has 50 heavy (non-hydrogen) atoms. The highest BCUT2D eigenvalue weighted by Gasteiger charge is 2.56. The first-order valence-corrected chi connectivity index (χ1v) is 19.4. The number of hydrogen-bond acceptors (Lipinski definition) is 7. The van der Waals surface area contributed by atoms with Crippen LogP contribution in [0.3, 0.4) is 0 Å². The Balaban J connectivity index is 1.27. The molecule has 2 N–H and O–H groups in total. The van der Waals surface area contributed by atoms with E-state index in [0.717, 1.165) is 18.4 Å². The maximum absolute atomic E-state index is 14.5. The Hall–Kier alpha value is -4.16. The summed E-state index contributed by atoms with van der Waals surface area (Å²) < 4.78 is 28.7. The largest absolute Gasteiger partial charge is 0.444 e. The number of carbonyl (C=O) groups is 2. The van der Waals surface area contributed by atoms with Crippen molar-refractivity contribution in [1.82, 2.24) is 19.3 Å². The second kappa shape index (κ2) is 13.5. The van der Waals surface area contributed by atoms with Crippen LogP contribution in [-0.2, 0) is 21.0 Å². The normalized spacial score (nSPS) is 23.5. The average Bonchev–Trinajstić information content (AvgIpc) is 3.56. The number of piperidine rings is 1. The fraction of sp³-hybridized carbons (Fsp3) is 0.500. The van der Waals surface area contributed by atoms with Gasteiger partial charge in [0.1, 0.15) is 5.60 Å². The lowest BCUT2D eigenvalue weighted by atomic mass is 9.66. The van der Waals surface area contributed by atoms with Crippen LogP contribution < -0.4 is 5.56 Å². The highest BCUT2D eigenvalue weighted by Crippen LogP contribution is 2.52. The number of rotatable bonds is 5. The Labute approximate surface area is 294 Å². The van der Waals surface area contributed by atoms with Crippen molar-refractivity contribution >= 4 is 21.9 Å². The first-order chi connectivity index (χ1) is 23.6. The van der Waals surface area contributed by atoms with Crippen LogP contribution in [0, 0.1) is 10.2 Å². The number of nitrogens with one attached hydrogen (secondary N) is 1. The molecule has 2 saturated heterocycles. The third-order valence-electron chi connectivity index (χ3n) is 10.6. The molecule has 3 heterocycles. The van der Waals surface area contributed by atoms with E-state index in [0.29, 0.717) is 50.1 Å². The van der Waals surface area contributed by atoms with Gasteiger partial charge in [-0.1, -0.05) is 73.5 Å². The SMILES string of the molecule is CC(C)(C)OC(=O)N1CCN(C(=O)N2CCC(O)(Cn3cc(S(C)(=N)=O)c(-c4ccccc4)cc3=O)C3(CCCC3)C2)[C@H](c2ccccc2)C1. The number of amides is 3. The summed E-state index contributed by atoms with van der Waals surface area (Å²) in [6.45, 7) is 7.09. The smallest absolute Gasteiger partial charge is 0.410 e. The molecule has 1 spiro atoms. The number of pyridine rings is 1. The van der Waals surface area contributed by atoms with Crippen LogP contribution in [-0.4, -0.2) is 90.9 Å². The maximum atomic E-state index is 14.5. The van der Waals surface area contributed by atoms with Gasteiger partial charge in [-0.3, -0.25) is 4.79 Å². The van der Waals surface area contributed by atoms with E-state index >= 15 is 0 Å². The Bertz CT molecular complexity index is 1890. The number of aromatic nitrogens is 1. The van der Waals surface area contributed by atoms with Gasteiger partial charge in [-0.15, -0.1) is 0 Å². The van der Waals surface area contributed by atoms with Gasteiger partial charge in [0.25, 0.3) is 5.56 Å². The lowest BCUT2D eigenvalue weighted by Crippen LogP contribution is -2.64. The van der Waals surface area contributed by atoms with Crippen molar-refractivity contribution < 1.29 is 23.6 Å². The van der Waals surface area contributed by atoms with Crippen LogP contribution in [0.4, 0.5) is 9.59 Å². The van der Waals surface area contributed by atoms with Crippen molar-refractivity contribution in [2.24, 2.45) is 5.41 Å². The molecule has 3 fully saturated rings. The topological polar surface area (TPSA) is 136 Å².